The van der Waals surface area contributed by atoms with Crippen LogP contribution >= 0.6 is 0 Å². The highest BCUT2D eigenvalue weighted by atomic mass is 32.2. The van der Waals surface area contributed by atoms with E-state index in [0.717, 1.165) is 47.6 Å². The second kappa shape index (κ2) is 7.83. The van der Waals surface area contributed by atoms with Gasteiger partial charge in [-0.25, -0.2) is 18.4 Å². The summed E-state index contributed by atoms with van der Waals surface area (Å²) in [5.74, 6) is 1.50. The van der Waals surface area contributed by atoms with Gasteiger partial charge in [0.05, 0.1) is 6.26 Å². The molecule has 3 heterocycles. The zero-order valence-electron chi connectivity index (χ0n) is 15.7. The van der Waals surface area contributed by atoms with Crippen molar-refractivity contribution in [1.29, 1.82) is 0 Å². The van der Waals surface area contributed by atoms with Gasteiger partial charge in [-0.15, -0.1) is 0 Å². The van der Waals surface area contributed by atoms with Gasteiger partial charge in [0.1, 0.15) is 11.6 Å². The van der Waals surface area contributed by atoms with Crippen LogP contribution in [0, 0.1) is 0 Å². The Kier molecular flexibility index (Phi) is 5.25. The summed E-state index contributed by atoms with van der Waals surface area (Å²) in [6.07, 6.45) is 4.90. The van der Waals surface area contributed by atoms with Gasteiger partial charge in [-0.2, -0.15) is 4.31 Å². The summed E-state index contributed by atoms with van der Waals surface area (Å²) >= 11 is 0. The minimum atomic E-state index is -3.10. The third-order valence-electron chi connectivity index (χ3n) is 4.92. The summed E-state index contributed by atoms with van der Waals surface area (Å²) in [5.41, 5.74) is 1.13. The molecule has 0 spiro atoms. The monoisotopic (exact) mass is 397 g/mol. The first-order chi connectivity index (χ1) is 13.5. The highest BCUT2D eigenvalue weighted by Crippen LogP contribution is 2.20. The normalized spacial score (nSPS) is 16.3. The predicted molar refractivity (Wildman–Crippen MR) is 111 cm³/mol. The number of nitrogens with zero attached hydrogens (tertiary/aromatic N) is 4. The van der Waals surface area contributed by atoms with Gasteiger partial charge in [-0.05, 0) is 29.1 Å². The molecule has 0 atom stereocenters. The molecule has 8 heteroatoms. The number of piperazine rings is 1. The smallest absolute Gasteiger partial charge is 0.211 e. The first-order valence-corrected chi connectivity index (χ1v) is 11.1. The number of pyridine rings is 2. The number of hydrogen-bond donors (Lipinski definition) is 1. The fourth-order valence-corrected chi connectivity index (χ4v) is 4.23. The molecule has 28 heavy (non-hydrogen) atoms. The van der Waals surface area contributed by atoms with Crippen molar-refractivity contribution in [3.05, 3.63) is 60.4 Å². The molecular weight excluding hydrogens is 374 g/mol. The van der Waals surface area contributed by atoms with E-state index in [9.17, 15) is 8.42 Å². The number of rotatable bonds is 5. The number of sulfonamides is 1. The molecule has 0 saturated carbocycles. The van der Waals surface area contributed by atoms with E-state index in [1.807, 2.05) is 42.6 Å². The minimum Gasteiger partial charge on any atom is -0.325 e. The van der Waals surface area contributed by atoms with E-state index in [-0.39, 0.29) is 0 Å². The van der Waals surface area contributed by atoms with E-state index in [0.29, 0.717) is 13.1 Å². The largest absolute Gasteiger partial charge is 0.325 e. The van der Waals surface area contributed by atoms with Crippen LogP contribution in [0.5, 0.6) is 0 Å². The molecule has 2 aromatic heterocycles. The van der Waals surface area contributed by atoms with Crippen LogP contribution in [0.1, 0.15) is 5.56 Å². The lowest BCUT2D eigenvalue weighted by Gasteiger charge is -2.33. The fourth-order valence-electron chi connectivity index (χ4n) is 3.40. The SMILES string of the molecule is CS(=O)(=O)N1CCN(Cc2ccnc(Nc3cc4ccccc4cn3)c2)CC1. The molecule has 1 aromatic carbocycles. The van der Waals surface area contributed by atoms with Gasteiger partial charge in [0.2, 0.25) is 10.0 Å². The van der Waals surface area contributed by atoms with Gasteiger partial charge in [-0.1, -0.05) is 24.3 Å². The summed E-state index contributed by atoms with van der Waals surface area (Å²) in [6, 6.07) is 14.1. The average Bonchev–Trinajstić information content (AvgIpc) is 2.68. The van der Waals surface area contributed by atoms with Gasteiger partial charge < -0.3 is 5.32 Å². The van der Waals surface area contributed by atoms with E-state index >= 15 is 0 Å². The van der Waals surface area contributed by atoms with Crippen molar-refractivity contribution in [2.75, 3.05) is 37.8 Å². The average molecular weight is 398 g/mol. The third kappa shape index (κ3) is 4.46. The standard InChI is InChI=1S/C20H23N5O2S/c1-28(26,27)25-10-8-24(9-11-25)15-16-6-7-21-19(12-16)23-20-13-17-4-2-3-5-18(17)14-22-20/h2-7,12-14H,8-11,15H2,1H3,(H,21,22,23). The second-order valence-electron chi connectivity index (χ2n) is 7.03. The third-order valence-corrected chi connectivity index (χ3v) is 6.22. The number of hydrogen-bond acceptors (Lipinski definition) is 6. The molecule has 146 valence electrons. The molecule has 4 rings (SSSR count). The van der Waals surface area contributed by atoms with Gasteiger partial charge in [0.25, 0.3) is 0 Å². The molecule has 1 saturated heterocycles. The maximum Gasteiger partial charge on any atom is 0.211 e. The number of benzene rings is 1. The van der Waals surface area contributed by atoms with Crippen molar-refractivity contribution in [3.63, 3.8) is 0 Å². The maximum absolute atomic E-state index is 11.6. The summed E-state index contributed by atoms with van der Waals surface area (Å²) in [4.78, 5) is 11.1. The minimum absolute atomic E-state index is 0.538. The molecule has 1 N–H and O–H groups in total. The van der Waals surface area contributed by atoms with Gasteiger partial charge >= 0.3 is 0 Å². The molecule has 0 bridgehead atoms. The quantitative estimate of drug-likeness (QED) is 0.713. The molecule has 1 fully saturated rings. The number of anilines is 2. The van der Waals surface area contributed by atoms with E-state index < -0.39 is 10.0 Å². The van der Waals surface area contributed by atoms with Crippen molar-refractivity contribution < 1.29 is 8.42 Å². The Morgan fingerprint density at radius 3 is 2.43 bits per heavy atom. The fraction of sp³-hybridized carbons (Fsp3) is 0.300. The van der Waals surface area contributed by atoms with Crippen LogP contribution in [0.15, 0.2) is 54.9 Å². The Morgan fingerprint density at radius 2 is 1.68 bits per heavy atom. The topological polar surface area (TPSA) is 78.4 Å². The summed E-state index contributed by atoms with van der Waals surface area (Å²) in [5, 5.41) is 5.50. The lowest BCUT2D eigenvalue weighted by atomic mass is 10.2. The molecule has 0 radical (unpaired) electrons. The zero-order chi connectivity index (χ0) is 19.6. The number of aromatic nitrogens is 2. The maximum atomic E-state index is 11.6. The van der Waals surface area contributed by atoms with Crippen LogP contribution in [-0.2, 0) is 16.6 Å². The molecule has 1 aliphatic rings. The Hall–Kier alpha value is -2.55. The molecule has 3 aromatic rings. The summed E-state index contributed by atoms with van der Waals surface area (Å²) in [7, 11) is -3.10. The van der Waals surface area contributed by atoms with Crippen molar-refractivity contribution >= 4 is 32.4 Å². The number of fused-ring (bicyclic) bond motifs is 1. The van der Waals surface area contributed by atoms with E-state index in [2.05, 4.69) is 26.3 Å². The number of nitrogens with one attached hydrogen (secondary N) is 1. The predicted octanol–water partition coefficient (Wildman–Crippen LogP) is 2.45. The van der Waals surface area contributed by atoms with Crippen molar-refractivity contribution in [3.8, 4) is 0 Å². The summed E-state index contributed by atoms with van der Waals surface area (Å²) in [6.45, 7) is 3.29. The molecular formula is C20H23N5O2S. The lowest BCUT2D eigenvalue weighted by Crippen LogP contribution is -2.47. The zero-order valence-corrected chi connectivity index (χ0v) is 16.6. The molecule has 0 amide bonds. The van der Waals surface area contributed by atoms with Crippen LogP contribution in [-0.4, -0.2) is 60.0 Å². The highest BCUT2D eigenvalue weighted by Gasteiger charge is 2.23. The van der Waals surface area contributed by atoms with E-state index in [4.69, 9.17) is 0 Å². The van der Waals surface area contributed by atoms with Gasteiger partial charge in [0.15, 0.2) is 0 Å². The van der Waals surface area contributed by atoms with Gasteiger partial charge in [-0.3, -0.25) is 4.90 Å². The molecule has 0 aliphatic carbocycles. The van der Waals surface area contributed by atoms with E-state index in [1.54, 1.807) is 6.20 Å². The van der Waals surface area contributed by atoms with Crippen LogP contribution in [0.25, 0.3) is 10.8 Å². The Labute approximate surface area is 165 Å². The summed E-state index contributed by atoms with van der Waals surface area (Å²) < 4.78 is 24.8. The first kappa shape index (κ1) is 18.8. The lowest BCUT2D eigenvalue weighted by molar-refractivity contribution is 0.182. The van der Waals surface area contributed by atoms with Crippen molar-refractivity contribution in [2.45, 2.75) is 6.54 Å². The first-order valence-electron chi connectivity index (χ1n) is 9.22. The molecule has 1 aliphatic heterocycles. The van der Waals surface area contributed by atoms with Crippen molar-refractivity contribution in [1.82, 2.24) is 19.2 Å². The van der Waals surface area contributed by atoms with Crippen LogP contribution in [0.4, 0.5) is 11.6 Å². The Balaban J connectivity index is 1.41. The van der Waals surface area contributed by atoms with Gasteiger partial charge in [0, 0.05) is 50.5 Å². The van der Waals surface area contributed by atoms with Crippen LogP contribution in [0.2, 0.25) is 0 Å². The van der Waals surface area contributed by atoms with Crippen molar-refractivity contribution in [2.24, 2.45) is 0 Å². The Morgan fingerprint density at radius 1 is 0.964 bits per heavy atom. The molecule has 7 nitrogen and oxygen atoms in total. The van der Waals surface area contributed by atoms with Crippen LogP contribution in [0.3, 0.4) is 0 Å². The second-order valence-corrected chi connectivity index (χ2v) is 9.01. The molecule has 0 unspecified atom stereocenters. The highest BCUT2D eigenvalue weighted by molar-refractivity contribution is 7.88. The van der Waals surface area contributed by atoms with E-state index in [1.165, 1.54) is 10.6 Å². The van der Waals surface area contributed by atoms with Crippen LogP contribution < -0.4 is 5.32 Å². The Bertz CT molecular complexity index is 1080.